The highest BCUT2D eigenvalue weighted by Crippen LogP contribution is 2.28. The van der Waals surface area contributed by atoms with Gasteiger partial charge < -0.3 is 0 Å². The Bertz CT molecular complexity index is 456. The molecule has 0 aliphatic heterocycles. The van der Waals surface area contributed by atoms with Gasteiger partial charge in [-0.2, -0.15) is 5.26 Å². The maximum atomic E-state index is 11.9. The van der Waals surface area contributed by atoms with Crippen LogP contribution >= 0.6 is 23.2 Å². The fraction of sp³-hybridized carbons (Fsp3) is 0.417. The van der Waals surface area contributed by atoms with Crippen LogP contribution in [-0.4, -0.2) is 9.96 Å². The van der Waals surface area contributed by atoms with Gasteiger partial charge in [0, 0.05) is 23.0 Å². The molecule has 0 bridgehead atoms. The molecule has 0 radical (unpaired) electrons. The van der Waals surface area contributed by atoms with Gasteiger partial charge in [0.05, 0.1) is 21.4 Å². The minimum absolute atomic E-state index is 0.0940. The van der Waals surface area contributed by atoms with Gasteiger partial charge >= 0.3 is 0 Å². The van der Waals surface area contributed by atoms with Crippen LogP contribution in [0, 0.1) is 11.3 Å². The fourth-order valence-electron chi connectivity index (χ4n) is 1.39. The van der Waals surface area contributed by atoms with Crippen molar-refractivity contribution in [3.63, 3.8) is 0 Å². The average Bonchev–Trinajstić information content (AvgIpc) is 2.32. The number of nitriles is 1. The van der Waals surface area contributed by atoms with E-state index < -0.39 is 10.8 Å². The number of rotatable bonds is 5. The molecular weight excluding hydrogens is 277 g/mol. The minimum atomic E-state index is -0.985. The van der Waals surface area contributed by atoms with Crippen LogP contribution in [0.1, 0.15) is 30.6 Å². The van der Waals surface area contributed by atoms with Gasteiger partial charge in [-0.15, -0.1) is 0 Å². The Hall–Kier alpha value is -0.560. The smallest absolute Gasteiger partial charge is 0.0622 e. The molecule has 0 fully saturated rings. The first-order valence-corrected chi connectivity index (χ1v) is 7.39. The van der Waals surface area contributed by atoms with Crippen molar-refractivity contribution >= 4 is 34.0 Å². The summed E-state index contributed by atoms with van der Waals surface area (Å²) in [5.74, 6) is 0.537. The van der Waals surface area contributed by atoms with Crippen molar-refractivity contribution in [2.24, 2.45) is 0 Å². The third-order valence-electron chi connectivity index (χ3n) is 2.44. The van der Waals surface area contributed by atoms with Gasteiger partial charge in [0.25, 0.3) is 0 Å². The van der Waals surface area contributed by atoms with E-state index in [2.05, 4.69) is 0 Å². The second kappa shape index (κ2) is 7.00. The molecule has 0 unspecified atom stereocenters. The van der Waals surface area contributed by atoms with E-state index in [1.165, 1.54) is 0 Å². The normalized spacial score (nSPS) is 14.0. The summed E-state index contributed by atoms with van der Waals surface area (Å²) in [6.07, 6.45) is 1.11. The molecule has 0 saturated heterocycles. The molecule has 1 aromatic rings. The van der Waals surface area contributed by atoms with Gasteiger partial charge in [0.2, 0.25) is 0 Å². The van der Waals surface area contributed by atoms with E-state index in [1.807, 2.05) is 19.1 Å². The lowest BCUT2D eigenvalue weighted by Gasteiger charge is -2.12. The van der Waals surface area contributed by atoms with E-state index in [9.17, 15) is 4.21 Å². The highest BCUT2D eigenvalue weighted by molar-refractivity contribution is 7.85. The molecule has 0 heterocycles. The van der Waals surface area contributed by atoms with Crippen molar-refractivity contribution < 1.29 is 4.21 Å². The van der Waals surface area contributed by atoms with Gasteiger partial charge in [-0.05, 0) is 31.0 Å². The van der Waals surface area contributed by atoms with Crippen LogP contribution in [0.3, 0.4) is 0 Å². The summed E-state index contributed by atoms with van der Waals surface area (Å²) in [6.45, 7) is 1.89. The standard InChI is InChI=1S/C12H13Cl2NOS/c1-9(17(16)7-3-2-6-15)10-4-5-11(13)12(14)8-10/h4-5,8-9H,2-3,7H2,1H3/t9-,17+/m1/s1. The molecule has 92 valence electrons. The van der Waals surface area contributed by atoms with Gasteiger partial charge in [-0.25, -0.2) is 0 Å². The van der Waals surface area contributed by atoms with Crippen LogP contribution in [0.5, 0.6) is 0 Å². The van der Waals surface area contributed by atoms with E-state index in [-0.39, 0.29) is 5.25 Å². The summed E-state index contributed by atoms with van der Waals surface area (Å²) >= 11 is 11.7. The molecule has 0 saturated carbocycles. The number of halogens is 2. The Morgan fingerprint density at radius 3 is 2.71 bits per heavy atom. The van der Waals surface area contributed by atoms with Crippen molar-refractivity contribution in [1.29, 1.82) is 5.26 Å². The molecule has 1 rings (SSSR count). The maximum Gasteiger partial charge on any atom is 0.0622 e. The zero-order valence-electron chi connectivity index (χ0n) is 9.45. The first kappa shape index (κ1) is 14.5. The molecule has 2 atom stereocenters. The van der Waals surface area contributed by atoms with Crippen molar-refractivity contribution in [3.05, 3.63) is 33.8 Å². The Morgan fingerprint density at radius 2 is 2.12 bits per heavy atom. The van der Waals surface area contributed by atoms with E-state index in [1.54, 1.807) is 12.1 Å². The summed E-state index contributed by atoms with van der Waals surface area (Å²) in [5.41, 5.74) is 0.912. The monoisotopic (exact) mass is 289 g/mol. The molecule has 5 heteroatoms. The zero-order valence-corrected chi connectivity index (χ0v) is 11.8. The number of benzene rings is 1. The molecule has 0 aromatic heterocycles. The van der Waals surface area contributed by atoms with E-state index in [0.29, 0.717) is 28.6 Å². The van der Waals surface area contributed by atoms with E-state index in [4.69, 9.17) is 28.5 Å². The number of unbranched alkanes of at least 4 members (excludes halogenated alkanes) is 1. The first-order valence-electron chi connectivity index (χ1n) is 5.25. The number of hydrogen-bond acceptors (Lipinski definition) is 2. The molecule has 0 aliphatic rings. The molecular formula is C12H13Cl2NOS. The topological polar surface area (TPSA) is 40.9 Å². The lowest BCUT2D eigenvalue weighted by atomic mass is 10.2. The first-order chi connectivity index (χ1) is 8.06. The largest absolute Gasteiger partial charge is 0.259 e. The van der Waals surface area contributed by atoms with Crippen LogP contribution in [0.4, 0.5) is 0 Å². The zero-order chi connectivity index (χ0) is 12.8. The summed E-state index contributed by atoms with van der Waals surface area (Å²) in [6, 6.07) is 7.34. The van der Waals surface area contributed by atoms with Gasteiger partial charge in [0.15, 0.2) is 0 Å². The lowest BCUT2D eigenvalue weighted by molar-refractivity contribution is 0.673. The highest BCUT2D eigenvalue weighted by atomic mass is 35.5. The van der Waals surface area contributed by atoms with Crippen molar-refractivity contribution in [2.75, 3.05) is 5.75 Å². The van der Waals surface area contributed by atoms with Crippen LogP contribution in [0.2, 0.25) is 10.0 Å². The van der Waals surface area contributed by atoms with Crippen molar-refractivity contribution in [1.82, 2.24) is 0 Å². The third-order valence-corrected chi connectivity index (χ3v) is 4.93. The quantitative estimate of drug-likeness (QED) is 0.766. The fourth-order valence-corrected chi connectivity index (χ4v) is 2.93. The Morgan fingerprint density at radius 1 is 1.41 bits per heavy atom. The average molecular weight is 290 g/mol. The third kappa shape index (κ3) is 4.31. The molecule has 17 heavy (non-hydrogen) atoms. The van der Waals surface area contributed by atoms with Crippen LogP contribution in [0.15, 0.2) is 18.2 Å². The van der Waals surface area contributed by atoms with Crippen LogP contribution in [0.25, 0.3) is 0 Å². The Balaban J connectivity index is 2.68. The minimum Gasteiger partial charge on any atom is -0.259 e. The van der Waals surface area contributed by atoms with Gasteiger partial charge in [0.1, 0.15) is 0 Å². The highest BCUT2D eigenvalue weighted by Gasteiger charge is 2.14. The molecule has 2 nitrogen and oxygen atoms in total. The Labute approximate surface area is 114 Å². The summed E-state index contributed by atoms with van der Waals surface area (Å²) in [4.78, 5) is 0. The Kier molecular flexibility index (Phi) is 5.97. The molecule has 1 aromatic carbocycles. The molecule has 0 N–H and O–H groups in total. The molecule has 0 aliphatic carbocycles. The van der Waals surface area contributed by atoms with Gasteiger partial charge in [-0.3, -0.25) is 4.21 Å². The predicted octanol–water partition coefficient (Wildman–Crippen LogP) is 4.11. The van der Waals surface area contributed by atoms with Crippen LogP contribution < -0.4 is 0 Å². The van der Waals surface area contributed by atoms with Crippen molar-refractivity contribution in [3.8, 4) is 6.07 Å². The summed E-state index contributed by atoms with van der Waals surface area (Å²) in [5, 5.41) is 9.30. The summed E-state index contributed by atoms with van der Waals surface area (Å²) in [7, 11) is -0.985. The van der Waals surface area contributed by atoms with Crippen molar-refractivity contribution in [2.45, 2.75) is 25.0 Å². The predicted molar refractivity (Wildman–Crippen MR) is 72.7 cm³/mol. The van der Waals surface area contributed by atoms with E-state index >= 15 is 0 Å². The number of nitrogens with zero attached hydrogens (tertiary/aromatic N) is 1. The SMILES string of the molecule is C[C@H](c1ccc(Cl)c(Cl)c1)[S@@](=O)CCCC#N. The van der Waals surface area contributed by atoms with Crippen LogP contribution in [-0.2, 0) is 10.8 Å². The van der Waals surface area contributed by atoms with E-state index in [0.717, 1.165) is 5.56 Å². The second-order valence-electron chi connectivity index (χ2n) is 3.66. The molecule has 0 spiro atoms. The number of hydrogen-bond donors (Lipinski definition) is 0. The van der Waals surface area contributed by atoms with Gasteiger partial charge in [-0.1, -0.05) is 29.3 Å². The summed E-state index contributed by atoms with van der Waals surface area (Å²) < 4.78 is 11.9. The molecule has 0 amide bonds. The lowest BCUT2D eigenvalue weighted by Crippen LogP contribution is -2.06. The maximum absolute atomic E-state index is 11.9. The second-order valence-corrected chi connectivity index (χ2v) is 6.35.